The average molecular weight is 269 g/mol. The summed E-state index contributed by atoms with van der Waals surface area (Å²) in [5.74, 6) is 0. The predicted octanol–water partition coefficient (Wildman–Crippen LogP) is 2.24. The van der Waals surface area contributed by atoms with E-state index in [9.17, 15) is 0 Å². The second-order valence-corrected chi connectivity index (χ2v) is 5.52. The molecule has 2 nitrogen and oxygen atoms in total. The molecule has 1 heterocycles. The zero-order chi connectivity index (χ0) is 9.41. The van der Waals surface area contributed by atoms with E-state index < -0.39 is 9.52 Å². The minimum absolute atomic E-state index is 0.0278. The van der Waals surface area contributed by atoms with Gasteiger partial charge in [-0.05, 0) is 0 Å². The maximum absolute atomic E-state index is 5.66. The first-order chi connectivity index (χ1) is 5.40. The Kier molecular flexibility index (Phi) is 3.50. The van der Waals surface area contributed by atoms with Gasteiger partial charge in [0.05, 0.1) is 6.61 Å². The van der Waals surface area contributed by atoms with Crippen LogP contribution in [0.15, 0.2) is 0 Å². The molecule has 7 heteroatoms. The summed E-state index contributed by atoms with van der Waals surface area (Å²) in [5.41, 5.74) is -1.32. The van der Waals surface area contributed by atoms with E-state index in [0.717, 1.165) is 0 Å². The molecule has 0 aliphatic carbocycles. The van der Waals surface area contributed by atoms with E-state index in [1.807, 2.05) is 0 Å². The fourth-order valence-electron chi connectivity index (χ4n) is 0.902. The number of rotatable bonds is 1. The van der Waals surface area contributed by atoms with Gasteiger partial charge in [0.1, 0.15) is 4.32 Å². The lowest BCUT2D eigenvalue weighted by molar-refractivity contribution is 0.0575. The van der Waals surface area contributed by atoms with Crippen LogP contribution in [0.5, 0.6) is 0 Å². The first kappa shape index (κ1) is 11.2. The summed E-state index contributed by atoms with van der Waals surface area (Å²) in [5, 5.41) is 2.82. The summed E-state index contributed by atoms with van der Waals surface area (Å²) in [7, 11) is 0. The van der Waals surface area contributed by atoms with E-state index >= 15 is 0 Å². The lowest BCUT2D eigenvalue weighted by Gasteiger charge is -2.32. The van der Waals surface area contributed by atoms with Crippen molar-refractivity contribution in [2.75, 3.05) is 13.2 Å². The molecule has 0 radical (unpaired) electrons. The third-order valence-corrected chi connectivity index (χ3v) is 2.82. The first-order valence-electron chi connectivity index (χ1n) is 3.06. The molecule has 12 heavy (non-hydrogen) atoms. The van der Waals surface area contributed by atoms with E-state index in [0.29, 0.717) is 13.2 Å². The molecule has 70 valence electrons. The number of halogens is 4. The van der Waals surface area contributed by atoms with Gasteiger partial charge in [0.2, 0.25) is 9.52 Å². The topological polar surface area (TPSA) is 21.3 Å². The van der Waals surface area contributed by atoms with Gasteiger partial charge in [-0.1, -0.05) is 58.6 Å². The summed E-state index contributed by atoms with van der Waals surface area (Å²) in [6.45, 7) is 0.974. The zero-order valence-electron chi connectivity index (χ0n) is 5.74. The van der Waals surface area contributed by atoms with Crippen LogP contribution in [0, 0.1) is 0 Å². The molecule has 1 unspecified atom stereocenters. The molecule has 1 atom stereocenters. The largest absolute Gasteiger partial charge is 0.349 e. The highest BCUT2D eigenvalue weighted by molar-refractivity contribution is 7.83. The first-order valence-corrected chi connectivity index (χ1v) is 4.98. The molecule has 0 amide bonds. The van der Waals surface area contributed by atoms with Crippen LogP contribution in [0.4, 0.5) is 0 Å². The molecule has 0 spiro atoms. The molecule has 0 aromatic rings. The second kappa shape index (κ2) is 3.73. The zero-order valence-corrected chi connectivity index (χ0v) is 9.58. The molecule has 1 aliphatic rings. The number of nitrogens with one attached hydrogen (secondary N) is 1. The van der Waals surface area contributed by atoms with Gasteiger partial charge in [0.15, 0.2) is 0 Å². The average Bonchev–Trinajstić information content (AvgIpc) is 2.31. The maximum atomic E-state index is 5.66. The highest BCUT2D eigenvalue weighted by Crippen LogP contribution is 2.42. The van der Waals surface area contributed by atoms with Crippen molar-refractivity contribution < 1.29 is 4.74 Å². The lowest BCUT2D eigenvalue weighted by atomic mass is 10.3. The van der Waals surface area contributed by atoms with E-state index in [-0.39, 0.29) is 4.32 Å². The Labute approximate surface area is 95.4 Å². The number of thiocarbonyl (C=S) groups is 1. The molecular weight excluding hydrogens is 264 g/mol. The van der Waals surface area contributed by atoms with Crippen LogP contribution in [0.2, 0.25) is 0 Å². The van der Waals surface area contributed by atoms with Crippen molar-refractivity contribution in [3.05, 3.63) is 0 Å². The molecule has 0 aromatic carbocycles. The normalized spacial score (nSPS) is 30.7. The van der Waals surface area contributed by atoms with Crippen LogP contribution in [0.25, 0.3) is 0 Å². The van der Waals surface area contributed by atoms with Gasteiger partial charge in [-0.2, -0.15) is 0 Å². The number of alkyl halides is 3. The molecule has 1 N–H and O–H groups in total. The summed E-state index contributed by atoms with van der Waals surface area (Å²) in [4.78, 5) is 0. The Morgan fingerprint density at radius 2 is 2.08 bits per heavy atom. The van der Waals surface area contributed by atoms with E-state index in [1.165, 1.54) is 0 Å². The summed E-state index contributed by atoms with van der Waals surface area (Å²) in [6, 6.07) is 0. The highest BCUT2D eigenvalue weighted by Gasteiger charge is 2.55. The SMILES string of the molecule is S=C(Cl)C1(C(Cl)(Cl)Cl)NCCO1. The molecule has 0 aromatic heterocycles. The van der Waals surface area contributed by atoms with Gasteiger partial charge >= 0.3 is 0 Å². The van der Waals surface area contributed by atoms with Gasteiger partial charge in [-0.3, -0.25) is 5.32 Å². The fourth-order valence-corrected chi connectivity index (χ4v) is 2.41. The fraction of sp³-hybridized carbons (Fsp3) is 0.800. The monoisotopic (exact) mass is 267 g/mol. The molecule has 1 fully saturated rings. The smallest absolute Gasteiger partial charge is 0.238 e. The standard InChI is InChI=1S/C5H5Cl4NOS/c6-3(12)4(5(7,8)9)10-1-2-11-4/h10H,1-2H2. The van der Waals surface area contributed by atoms with Crippen LogP contribution in [-0.2, 0) is 4.74 Å². The summed E-state index contributed by atoms with van der Waals surface area (Å²) < 4.78 is 3.47. The van der Waals surface area contributed by atoms with Crippen LogP contribution in [0.1, 0.15) is 0 Å². The number of ether oxygens (including phenoxy) is 1. The lowest BCUT2D eigenvalue weighted by Crippen LogP contribution is -2.56. The van der Waals surface area contributed by atoms with Gasteiger partial charge in [0, 0.05) is 6.54 Å². The van der Waals surface area contributed by atoms with E-state index in [1.54, 1.807) is 0 Å². The van der Waals surface area contributed by atoms with Crippen LogP contribution in [-0.4, -0.2) is 27.0 Å². The summed E-state index contributed by atoms with van der Waals surface area (Å²) in [6.07, 6.45) is 0. The van der Waals surface area contributed by atoms with Crippen LogP contribution >= 0.6 is 58.6 Å². The Bertz CT molecular complexity index is 198. The van der Waals surface area contributed by atoms with Crippen molar-refractivity contribution >= 4 is 62.9 Å². The Morgan fingerprint density at radius 1 is 1.50 bits per heavy atom. The van der Waals surface area contributed by atoms with E-state index in [4.69, 9.17) is 63.4 Å². The van der Waals surface area contributed by atoms with Gasteiger partial charge in [0.25, 0.3) is 0 Å². The third kappa shape index (κ3) is 1.82. The Balaban J connectivity index is 2.94. The van der Waals surface area contributed by atoms with Crippen molar-refractivity contribution in [2.45, 2.75) is 9.52 Å². The molecule has 0 bridgehead atoms. The molecule has 0 saturated carbocycles. The van der Waals surface area contributed by atoms with Crippen LogP contribution in [0.3, 0.4) is 0 Å². The molecule has 1 aliphatic heterocycles. The van der Waals surface area contributed by atoms with E-state index in [2.05, 4.69) is 5.32 Å². The van der Waals surface area contributed by atoms with Crippen molar-refractivity contribution in [1.29, 1.82) is 0 Å². The minimum Gasteiger partial charge on any atom is -0.349 e. The Hall–Kier alpha value is 1.17. The van der Waals surface area contributed by atoms with Gasteiger partial charge in [-0.25, -0.2) is 0 Å². The maximum Gasteiger partial charge on any atom is 0.238 e. The van der Waals surface area contributed by atoms with Gasteiger partial charge < -0.3 is 4.74 Å². The van der Waals surface area contributed by atoms with Crippen molar-refractivity contribution in [3.63, 3.8) is 0 Å². The van der Waals surface area contributed by atoms with Crippen molar-refractivity contribution in [3.8, 4) is 0 Å². The molecule has 1 rings (SSSR count). The number of hydrogen-bond donors (Lipinski definition) is 1. The molecular formula is C5H5Cl4NOS. The summed E-state index contributed by atoms with van der Waals surface area (Å²) >= 11 is 27.3. The quantitative estimate of drug-likeness (QED) is 0.448. The third-order valence-electron chi connectivity index (χ3n) is 1.47. The van der Waals surface area contributed by atoms with Crippen molar-refractivity contribution in [1.82, 2.24) is 5.32 Å². The minimum atomic E-state index is -1.69. The van der Waals surface area contributed by atoms with Crippen LogP contribution < -0.4 is 5.32 Å². The van der Waals surface area contributed by atoms with Crippen molar-refractivity contribution in [2.24, 2.45) is 0 Å². The Morgan fingerprint density at radius 3 is 2.25 bits per heavy atom. The highest BCUT2D eigenvalue weighted by atomic mass is 35.6. The number of hydrogen-bond acceptors (Lipinski definition) is 3. The van der Waals surface area contributed by atoms with Gasteiger partial charge in [-0.15, -0.1) is 0 Å². The predicted molar refractivity (Wildman–Crippen MR) is 55.4 cm³/mol. The second-order valence-electron chi connectivity index (χ2n) is 2.23. The molecule has 1 saturated heterocycles.